The van der Waals surface area contributed by atoms with Crippen molar-refractivity contribution in [3.63, 3.8) is 0 Å². The van der Waals surface area contributed by atoms with Gasteiger partial charge in [-0.05, 0) is 23.3 Å². The van der Waals surface area contributed by atoms with E-state index in [-0.39, 0.29) is 35.2 Å². The molecule has 0 amide bonds. The van der Waals surface area contributed by atoms with Crippen molar-refractivity contribution in [1.82, 2.24) is 4.90 Å². The molecule has 0 saturated heterocycles. The molecule has 266 valence electrons. The Labute approximate surface area is 278 Å². The van der Waals surface area contributed by atoms with E-state index >= 15 is 0 Å². The van der Waals surface area contributed by atoms with Gasteiger partial charge in [-0.2, -0.15) is 0 Å². The Morgan fingerprint density at radius 2 is 1.09 bits per heavy atom. The van der Waals surface area contributed by atoms with Crippen molar-refractivity contribution in [2.24, 2.45) is 11.8 Å². The second-order valence-corrected chi connectivity index (χ2v) is 13.6. The van der Waals surface area contributed by atoms with Gasteiger partial charge in [-0.15, -0.1) is 0 Å². The average Bonchev–Trinajstić information content (AvgIpc) is 3.03. The molecule has 0 spiro atoms. The Bertz CT molecular complexity index is 1020. The molecule has 0 fully saturated rings. The van der Waals surface area contributed by atoms with Crippen LogP contribution < -0.4 is 4.74 Å². The molecule has 1 aromatic rings. The number of aliphatic hydroxyl groups excluding tert-OH is 10. The number of carbonyl (C=O) groups is 2. The van der Waals surface area contributed by atoms with Crippen molar-refractivity contribution in [2.45, 2.75) is 88.0 Å². The Morgan fingerprint density at radius 1 is 0.674 bits per heavy atom. The fraction of sp³-hybridized carbons (Fsp3) is 0.733. The Morgan fingerprint density at radius 3 is 1.50 bits per heavy atom. The topological polar surface area (TPSA) is 249 Å². The third-order valence-corrected chi connectivity index (χ3v) is 9.50. The highest BCUT2D eigenvalue weighted by Gasteiger charge is 2.34. The van der Waals surface area contributed by atoms with Crippen LogP contribution in [0, 0.1) is 11.8 Å². The van der Waals surface area contributed by atoms with Gasteiger partial charge < -0.3 is 55.8 Å². The Balaban J connectivity index is 3.11. The minimum Gasteiger partial charge on any atom is -0.492 e. The first-order chi connectivity index (χ1) is 21.5. The van der Waals surface area contributed by atoms with Crippen molar-refractivity contribution in [3.05, 3.63) is 29.3 Å². The standard InChI is InChI=1S/C30H51NO13S2/c1-16(2)29(42)45-14-18-5-6-20(9-19(18)15-46-30(43)17(3)4)44-8-7-31(10-21(34)25(38)27(40)23(36)12-32)11-22(35)26(39)28(41)24(37)13-33/h5-6,9,16-17,21-28,32-41H,7-8,10-15H2,1-4H3/t21-,22-,23-,24-,25-,26-,27-,28-/m1/s1. The summed E-state index contributed by atoms with van der Waals surface area (Å²) in [5.74, 6) is 0.871. The zero-order chi connectivity index (χ0) is 35.1. The largest absolute Gasteiger partial charge is 0.492 e. The average molecular weight is 698 g/mol. The minimum absolute atomic E-state index is 0.00793. The van der Waals surface area contributed by atoms with Gasteiger partial charge in [0, 0.05) is 43.0 Å². The quantitative estimate of drug-likeness (QED) is 0.0634. The number of nitrogens with zero attached hydrogens (tertiary/aromatic N) is 1. The van der Waals surface area contributed by atoms with E-state index in [1.807, 2.05) is 13.8 Å². The highest BCUT2D eigenvalue weighted by atomic mass is 32.2. The van der Waals surface area contributed by atoms with Crippen LogP contribution >= 0.6 is 23.5 Å². The highest BCUT2D eigenvalue weighted by Crippen LogP contribution is 2.28. The third-order valence-electron chi connectivity index (χ3n) is 7.08. The molecule has 8 atom stereocenters. The zero-order valence-corrected chi connectivity index (χ0v) is 28.3. The zero-order valence-electron chi connectivity index (χ0n) is 26.6. The summed E-state index contributed by atoms with van der Waals surface area (Å²) in [6.45, 7) is 4.51. The first-order valence-corrected chi connectivity index (χ1v) is 17.0. The summed E-state index contributed by atoms with van der Waals surface area (Å²) >= 11 is 2.34. The molecule has 0 aliphatic heterocycles. The summed E-state index contributed by atoms with van der Waals surface area (Å²) in [7, 11) is 0. The molecule has 0 unspecified atom stereocenters. The van der Waals surface area contributed by atoms with E-state index in [9.17, 15) is 50.4 Å². The van der Waals surface area contributed by atoms with Crippen LogP contribution in [0.4, 0.5) is 0 Å². The summed E-state index contributed by atoms with van der Waals surface area (Å²) in [5.41, 5.74) is 1.65. The van der Waals surface area contributed by atoms with Crippen LogP contribution in [-0.2, 0) is 21.1 Å². The number of rotatable bonds is 22. The summed E-state index contributed by atoms with van der Waals surface area (Å²) in [6, 6.07) is 5.23. The molecule has 1 aromatic carbocycles. The molecular formula is C30H51NO13S2. The van der Waals surface area contributed by atoms with Crippen molar-refractivity contribution in [3.8, 4) is 5.75 Å². The maximum atomic E-state index is 12.3. The lowest BCUT2D eigenvalue weighted by molar-refractivity contribution is -0.130. The summed E-state index contributed by atoms with van der Waals surface area (Å²) < 4.78 is 5.90. The summed E-state index contributed by atoms with van der Waals surface area (Å²) in [5, 5.41) is 99.0. The van der Waals surface area contributed by atoms with E-state index in [0.717, 1.165) is 22.9 Å². The maximum absolute atomic E-state index is 12.3. The number of ether oxygens (including phenoxy) is 1. The predicted octanol–water partition coefficient (Wildman–Crippen LogP) is -1.93. The van der Waals surface area contributed by atoms with Gasteiger partial charge in [0.15, 0.2) is 10.2 Å². The van der Waals surface area contributed by atoms with Crippen LogP contribution in [0.1, 0.15) is 38.8 Å². The Hall–Kier alpha value is -1.38. The SMILES string of the molecule is CC(C)C(=O)SCc1ccc(OCCN(C[C@@H](O)[C@@H](O)[C@H](O)[C@H](O)CO)C[C@@H](O)[C@@H](O)[C@H](O)[C@H](O)CO)cc1CSC(=O)C(C)C. The number of aliphatic hydroxyl groups is 10. The lowest BCUT2D eigenvalue weighted by Gasteiger charge is -2.33. The van der Waals surface area contributed by atoms with Crippen LogP contribution in [0.5, 0.6) is 5.75 Å². The van der Waals surface area contributed by atoms with E-state index < -0.39 is 75.1 Å². The molecule has 0 radical (unpaired) electrons. The van der Waals surface area contributed by atoms with Crippen molar-refractivity contribution in [2.75, 3.05) is 39.5 Å². The van der Waals surface area contributed by atoms with E-state index in [0.29, 0.717) is 17.3 Å². The van der Waals surface area contributed by atoms with E-state index in [2.05, 4.69) is 0 Å². The molecule has 0 aliphatic rings. The van der Waals surface area contributed by atoms with Crippen LogP contribution in [0.25, 0.3) is 0 Å². The molecule has 0 heterocycles. The summed E-state index contributed by atoms with van der Waals surface area (Å²) in [4.78, 5) is 25.8. The number of benzene rings is 1. The lowest BCUT2D eigenvalue weighted by Crippen LogP contribution is -2.53. The second kappa shape index (κ2) is 21.6. The first-order valence-electron chi connectivity index (χ1n) is 15.0. The predicted molar refractivity (Wildman–Crippen MR) is 173 cm³/mol. The smallest absolute Gasteiger partial charge is 0.191 e. The van der Waals surface area contributed by atoms with Gasteiger partial charge in [0.2, 0.25) is 0 Å². The second-order valence-electron chi connectivity index (χ2n) is 11.7. The van der Waals surface area contributed by atoms with Crippen LogP contribution in [-0.4, -0.2) is 154 Å². The van der Waals surface area contributed by atoms with Gasteiger partial charge in [-0.1, -0.05) is 57.3 Å². The number of carbonyl (C=O) groups excluding carboxylic acids is 2. The molecule has 16 heteroatoms. The molecule has 0 bridgehead atoms. The summed E-state index contributed by atoms with van der Waals surface area (Å²) in [6.07, 6.45) is -14.5. The van der Waals surface area contributed by atoms with Gasteiger partial charge in [-0.25, -0.2) is 0 Å². The van der Waals surface area contributed by atoms with Gasteiger partial charge in [0.05, 0.1) is 25.4 Å². The molecule has 0 saturated carbocycles. The van der Waals surface area contributed by atoms with Crippen molar-refractivity contribution < 1.29 is 65.4 Å². The molecule has 46 heavy (non-hydrogen) atoms. The van der Waals surface area contributed by atoms with Gasteiger partial charge in [0.25, 0.3) is 0 Å². The van der Waals surface area contributed by atoms with Gasteiger partial charge in [0.1, 0.15) is 49.0 Å². The number of hydrogen-bond donors (Lipinski definition) is 10. The van der Waals surface area contributed by atoms with E-state index in [4.69, 9.17) is 14.9 Å². The fourth-order valence-electron chi connectivity index (χ4n) is 4.02. The van der Waals surface area contributed by atoms with Crippen molar-refractivity contribution in [1.29, 1.82) is 0 Å². The normalized spacial score (nSPS) is 17.4. The van der Waals surface area contributed by atoms with E-state index in [1.54, 1.807) is 32.0 Å². The highest BCUT2D eigenvalue weighted by molar-refractivity contribution is 8.13. The van der Waals surface area contributed by atoms with Crippen LogP contribution in [0.2, 0.25) is 0 Å². The lowest BCUT2D eigenvalue weighted by atomic mass is 10.0. The van der Waals surface area contributed by atoms with Crippen LogP contribution in [0.3, 0.4) is 0 Å². The third kappa shape index (κ3) is 14.4. The van der Waals surface area contributed by atoms with Gasteiger partial charge in [-0.3, -0.25) is 14.5 Å². The first kappa shape index (κ1) is 42.6. The maximum Gasteiger partial charge on any atom is 0.191 e. The molecule has 0 aliphatic carbocycles. The van der Waals surface area contributed by atoms with E-state index in [1.165, 1.54) is 16.7 Å². The monoisotopic (exact) mass is 697 g/mol. The molecule has 10 N–H and O–H groups in total. The molecule has 14 nitrogen and oxygen atoms in total. The molecule has 0 aromatic heterocycles. The van der Waals surface area contributed by atoms with Crippen LogP contribution in [0.15, 0.2) is 18.2 Å². The number of thioether (sulfide) groups is 2. The molecule has 1 rings (SSSR count). The van der Waals surface area contributed by atoms with Gasteiger partial charge >= 0.3 is 0 Å². The van der Waals surface area contributed by atoms with Crippen molar-refractivity contribution >= 4 is 33.8 Å². The molecular weight excluding hydrogens is 646 g/mol. The minimum atomic E-state index is -1.91. The Kier molecular flexibility index (Phi) is 20.0. The fourth-order valence-corrected chi connectivity index (χ4v) is 5.83. The number of hydrogen-bond acceptors (Lipinski definition) is 16.